The first-order valence-corrected chi connectivity index (χ1v) is 5.33. The number of halogens is 2. The molecule has 84 valence electrons. The number of benzene rings is 1. The first kappa shape index (κ1) is 12.4. The Balaban J connectivity index is 2.45. The number of alkyl halides is 1. The van der Waals surface area contributed by atoms with Gasteiger partial charge in [-0.25, -0.2) is 4.39 Å². The van der Waals surface area contributed by atoms with Crippen molar-refractivity contribution in [3.8, 4) is 0 Å². The average Bonchev–Trinajstić information content (AvgIpc) is 2.26. The maximum atomic E-state index is 13.2. The molecule has 1 aromatic rings. The average molecular weight is 232 g/mol. The molecule has 0 aliphatic heterocycles. The Morgan fingerprint density at radius 3 is 2.80 bits per heavy atom. The van der Waals surface area contributed by atoms with Gasteiger partial charge in [0.2, 0.25) is 0 Å². The van der Waals surface area contributed by atoms with E-state index < -0.39 is 0 Å². The molecule has 2 nitrogen and oxygen atoms in total. The van der Waals surface area contributed by atoms with Gasteiger partial charge in [0, 0.05) is 31.1 Å². The number of methoxy groups -OCH3 is 1. The minimum atomic E-state index is -0.198. The van der Waals surface area contributed by atoms with Crippen LogP contribution in [0.5, 0.6) is 0 Å². The van der Waals surface area contributed by atoms with Crippen molar-refractivity contribution in [3.05, 3.63) is 35.6 Å². The Labute approximate surface area is 94.4 Å². The third-order valence-electron chi connectivity index (χ3n) is 2.09. The molecule has 0 fully saturated rings. The Hall–Kier alpha value is -0.640. The summed E-state index contributed by atoms with van der Waals surface area (Å²) in [6.07, 6.45) is 0. The van der Waals surface area contributed by atoms with Crippen LogP contribution in [-0.4, -0.2) is 25.6 Å². The van der Waals surface area contributed by atoms with Gasteiger partial charge in [-0.15, -0.1) is 11.6 Å². The first-order valence-electron chi connectivity index (χ1n) is 4.79. The molecule has 4 heteroatoms. The van der Waals surface area contributed by atoms with Gasteiger partial charge in [0.25, 0.3) is 0 Å². The minimum Gasteiger partial charge on any atom is -0.383 e. The van der Waals surface area contributed by atoms with Crippen LogP contribution in [0.3, 0.4) is 0 Å². The third kappa shape index (κ3) is 4.16. The van der Waals surface area contributed by atoms with Crippen LogP contribution in [0, 0.1) is 5.82 Å². The Morgan fingerprint density at radius 2 is 2.20 bits per heavy atom. The lowest BCUT2D eigenvalue weighted by Gasteiger charge is -2.15. The molecular formula is C11H15ClFNO. The van der Waals surface area contributed by atoms with E-state index in [0.717, 1.165) is 0 Å². The third-order valence-corrected chi connectivity index (χ3v) is 2.47. The van der Waals surface area contributed by atoms with Gasteiger partial charge in [0.1, 0.15) is 5.82 Å². The molecule has 1 aromatic carbocycles. The highest BCUT2D eigenvalue weighted by molar-refractivity contribution is 6.18. The van der Waals surface area contributed by atoms with E-state index in [1.165, 1.54) is 6.07 Å². The largest absolute Gasteiger partial charge is 0.383 e. The maximum Gasteiger partial charge on any atom is 0.127 e. The molecule has 0 amide bonds. The number of rotatable bonds is 6. The topological polar surface area (TPSA) is 21.3 Å². The van der Waals surface area contributed by atoms with E-state index in [1.807, 2.05) is 6.07 Å². The Morgan fingerprint density at radius 1 is 1.47 bits per heavy atom. The number of nitrogens with one attached hydrogen (secondary N) is 1. The number of hydrogen-bond acceptors (Lipinski definition) is 2. The SMILES string of the molecule is COCC(CCl)NCc1ccccc1F. The molecule has 15 heavy (non-hydrogen) atoms. The second-order valence-corrected chi connectivity index (χ2v) is 3.59. The van der Waals surface area contributed by atoms with Gasteiger partial charge >= 0.3 is 0 Å². The van der Waals surface area contributed by atoms with Gasteiger partial charge in [-0.1, -0.05) is 18.2 Å². The van der Waals surface area contributed by atoms with Crippen molar-refractivity contribution in [2.45, 2.75) is 12.6 Å². The van der Waals surface area contributed by atoms with Crippen LogP contribution < -0.4 is 5.32 Å². The second kappa shape index (κ2) is 6.77. The maximum absolute atomic E-state index is 13.2. The summed E-state index contributed by atoms with van der Waals surface area (Å²) in [4.78, 5) is 0. The summed E-state index contributed by atoms with van der Waals surface area (Å²) in [6.45, 7) is 0.991. The van der Waals surface area contributed by atoms with Crippen molar-refractivity contribution in [2.75, 3.05) is 19.6 Å². The molecule has 0 aromatic heterocycles. The van der Waals surface area contributed by atoms with Crippen LogP contribution in [0.25, 0.3) is 0 Å². The molecule has 0 heterocycles. The highest BCUT2D eigenvalue weighted by Crippen LogP contribution is 2.06. The molecule has 0 aliphatic carbocycles. The van der Waals surface area contributed by atoms with Gasteiger partial charge in [0.15, 0.2) is 0 Å². The lowest BCUT2D eigenvalue weighted by atomic mass is 10.2. The summed E-state index contributed by atoms with van der Waals surface area (Å²) < 4.78 is 18.2. The second-order valence-electron chi connectivity index (χ2n) is 3.28. The molecule has 1 N–H and O–H groups in total. The first-order chi connectivity index (χ1) is 7.27. The highest BCUT2D eigenvalue weighted by atomic mass is 35.5. The Kier molecular flexibility index (Phi) is 5.61. The smallest absolute Gasteiger partial charge is 0.127 e. The van der Waals surface area contributed by atoms with E-state index in [1.54, 1.807) is 19.2 Å². The van der Waals surface area contributed by atoms with Gasteiger partial charge in [-0.3, -0.25) is 0 Å². The fourth-order valence-corrected chi connectivity index (χ4v) is 1.45. The van der Waals surface area contributed by atoms with E-state index in [-0.39, 0.29) is 11.9 Å². The van der Waals surface area contributed by atoms with Crippen LogP contribution in [0.1, 0.15) is 5.56 Å². The molecule has 0 saturated heterocycles. The molecule has 0 saturated carbocycles. The van der Waals surface area contributed by atoms with E-state index in [4.69, 9.17) is 16.3 Å². The van der Waals surface area contributed by atoms with E-state index in [2.05, 4.69) is 5.32 Å². The van der Waals surface area contributed by atoms with Gasteiger partial charge in [0.05, 0.1) is 6.61 Å². The van der Waals surface area contributed by atoms with Crippen LogP contribution in [0.2, 0.25) is 0 Å². The van der Waals surface area contributed by atoms with E-state index in [9.17, 15) is 4.39 Å². The Bertz CT molecular complexity index is 296. The zero-order valence-electron chi connectivity index (χ0n) is 8.67. The monoisotopic (exact) mass is 231 g/mol. The molecule has 1 unspecified atom stereocenters. The summed E-state index contributed by atoms with van der Waals surface area (Å²) in [5, 5.41) is 3.13. The predicted molar refractivity (Wildman–Crippen MR) is 59.6 cm³/mol. The van der Waals surface area contributed by atoms with E-state index >= 15 is 0 Å². The van der Waals surface area contributed by atoms with Crippen LogP contribution in [0.4, 0.5) is 4.39 Å². The number of ether oxygens (including phenoxy) is 1. The van der Waals surface area contributed by atoms with Gasteiger partial charge in [-0.05, 0) is 6.07 Å². The van der Waals surface area contributed by atoms with Crippen molar-refractivity contribution in [3.63, 3.8) is 0 Å². The molecule has 0 bridgehead atoms. The quantitative estimate of drug-likeness (QED) is 0.758. The summed E-state index contributed by atoms with van der Waals surface area (Å²) >= 11 is 5.72. The van der Waals surface area contributed by atoms with Crippen molar-refractivity contribution < 1.29 is 9.13 Å². The molecule has 0 radical (unpaired) electrons. The van der Waals surface area contributed by atoms with Crippen molar-refractivity contribution >= 4 is 11.6 Å². The fraction of sp³-hybridized carbons (Fsp3) is 0.455. The zero-order valence-corrected chi connectivity index (χ0v) is 9.43. The van der Waals surface area contributed by atoms with E-state index in [0.29, 0.717) is 24.6 Å². The lowest BCUT2D eigenvalue weighted by molar-refractivity contribution is 0.172. The number of hydrogen-bond donors (Lipinski definition) is 1. The van der Waals surface area contributed by atoms with Crippen LogP contribution >= 0.6 is 11.6 Å². The normalized spacial score (nSPS) is 12.7. The van der Waals surface area contributed by atoms with Crippen molar-refractivity contribution in [1.82, 2.24) is 5.32 Å². The van der Waals surface area contributed by atoms with Crippen LogP contribution in [0.15, 0.2) is 24.3 Å². The molecule has 0 aliphatic rings. The summed E-state index contributed by atoms with van der Waals surface area (Å²) in [5.74, 6) is 0.248. The van der Waals surface area contributed by atoms with Gasteiger partial charge in [-0.2, -0.15) is 0 Å². The predicted octanol–water partition coefficient (Wildman–Crippen LogP) is 2.17. The molecule has 0 spiro atoms. The zero-order chi connectivity index (χ0) is 11.1. The minimum absolute atomic E-state index is 0.0521. The summed E-state index contributed by atoms with van der Waals surface area (Å²) in [7, 11) is 1.62. The fourth-order valence-electron chi connectivity index (χ4n) is 1.26. The van der Waals surface area contributed by atoms with Crippen LogP contribution in [-0.2, 0) is 11.3 Å². The summed E-state index contributed by atoms with van der Waals surface area (Å²) in [6, 6.07) is 6.74. The highest BCUT2D eigenvalue weighted by Gasteiger charge is 2.07. The molecular weight excluding hydrogens is 217 g/mol. The van der Waals surface area contributed by atoms with Crippen molar-refractivity contribution in [2.24, 2.45) is 0 Å². The standard InChI is InChI=1S/C11H15ClFNO/c1-15-8-10(6-12)14-7-9-4-2-3-5-11(9)13/h2-5,10,14H,6-8H2,1H3. The summed E-state index contributed by atoms with van der Waals surface area (Å²) in [5.41, 5.74) is 0.642. The molecule has 1 atom stereocenters. The van der Waals surface area contributed by atoms with Gasteiger partial charge < -0.3 is 10.1 Å². The molecule has 1 rings (SSSR count). The lowest BCUT2D eigenvalue weighted by Crippen LogP contribution is -2.34. The van der Waals surface area contributed by atoms with Crippen molar-refractivity contribution in [1.29, 1.82) is 0 Å².